The van der Waals surface area contributed by atoms with Crippen molar-refractivity contribution < 1.29 is 13.7 Å². The van der Waals surface area contributed by atoms with Gasteiger partial charge in [-0.3, -0.25) is 0 Å². The summed E-state index contributed by atoms with van der Waals surface area (Å²) in [6.07, 6.45) is 0. The lowest BCUT2D eigenvalue weighted by Crippen LogP contribution is -2.41. The number of halogens is 3. The highest BCUT2D eigenvalue weighted by Gasteiger charge is 2.52. The Morgan fingerprint density at radius 3 is 2.17 bits per heavy atom. The van der Waals surface area contributed by atoms with Crippen LogP contribution in [0.3, 0.4) is 0 Å². The highest BCUT2D eigenvalue weighted by atomic mass is 79.9. The van der Waals surface area contributed by atoms with Crippen LogP contribution in [0.15, 0.2) is 16.6 Å². The first kappa shape index (κ1) is 14.3. The van der Waals surface area contributed by atoms with Crippen LogP contribution in [0.2, 0.25) is 5.02 Å². The molecule has 1 aromatic rings. The molecule has 1 saturated heterocycles. The zero-order valence-corrected chi connectivity index (χ0v) is 13.0. The summed E-state index contributed by atoms with van der Waals surface area (Å²) < 4.78 is 25.4. The van der Waals surface area contributed by atoms with Crippen molar-refractivity contribution in [3.63, 3.8) is 0 Å². The molecule has 0 aromatic heterocycles. The maximum absolute atomic E-state index is 13.3. The van der Waals surface area contributed by atoms with Crippen LogP contribution < -0.4 is 5.46 Å². The summed E-state index contributed by atoms with van der Waals surface area (Å²) in [4.78, 5) is 0. The Morgan fingerprint density at radius 2 is 1.67 bits per heavy atom. The van der Waals surface area contributed by atoms with Crippen molar-refractivity contribution in [1.29, 1.82) is 0 Å². The van der Waals surface area contributed by atoms with Crippen molar-refractivity contribution in [3.8, 4) is 0 Å². The third-order valence-electron chi connectivity index (χ3n) is 3.55. The summed E-state index contributed by atoms with van der Waals surface area (Å²) in [5, 5.41) is 0.300. The first-order chi connectivity index (χ1) is 8.14. The summed E-state index contributed by atoms with van der Waals surface area (Å²) in [5.41, 5.74) is -0.257. The Bertz CT molecular complexity index is 477. The van der Waals surface area contributed by atoms with Gasteiger partial charge in [-0.2, -0.15) is 0 Å². The molecule has 0 amide bonds. The summed E-state index contributed by atoms with van der Waals surface area (Å²) in [5.74, 6) is -0.403. The molecule has 0 N–H and O–H groups in total. The lowest BCUT2D eigenvalue weighted by atomic mass is 9.79. The SMILES string of the molecule is CC1(C)OB(c2cc(Br)c(F)cc2Cl)OC1(C)C. The molecule has 6 heteroatoms. The fourth-order valence-corrected chi connectivity index (χ4v) is 2.29. The number of hydrogen-bond acceptors (Lipinski definition) is 2. The second-order valence-corrected chi connectivity index (χ2v) is 6.64. The van der Waals surface area contributed by atoms with Crippen LogP contribution in [0.5, 0.6) is 0 Å². The smallest absolute Gasteiger partial charge is 0.399 e. The first-order valence-electron chi connectivity index (χ1n) is 5.64. The number of hydrogen-bond donors (Lipinski definition) is 0. The molecule has 2 rings (SSSR count). The lowest BCUT2D eigenvalue weighted by Gasteiger charge is -2.32. The fraction of sp³-hybridized carbons (Fsp3) is 0.500. The Morgan fingerprint density at radius 1 is 1.17 bits per heavy atom. The van der Waals surface area contributed by atoms with Gasteiger partial charge in [-0.25, -0.2) is 4.39 Å². The van der Waals surface area contributed by atoms with Crippen molar-refractivity contribution in [2.75, 3.05) is 0 Å². The molecule has 1 aromatic carbocycles. The topological polar surface area (TPSA) is 18.5 Å². The summed E-state index contributed by atoms with van der Waals surface area (Å²) in [7, 11) is -0.584. The van der Waals surface area contributed by atoms with Gasteiger partial charge in [0, 0.05) is 10.5 Å². The molecule has 2 nitrogen and oxygen atoms in total. The van der Waals surface area contributed by atoms with E-state index < -0.39 is 24.1 Å². The minimum Gasteiger partial charge on any atom is -0.399 e. The molecule has 1 heterocycles. The van der Waals surface area contributed by atoms with Gasteiger partial charge in [0.2, 0.25) is 0 Å². The second kappa shape index (κ2) is 4.48. The zero-order chi connectivity index (χ0) is 13.7. The van der Waals surface area contributed by atoms with Crippen LogP contribution in [0.25, 0.3) is 0 Å². The van der Waals surface area contributed by atoms with E-state index in [1.165, 1.54) is 6.07 Å². The maximum atomic E-state index is 13.3. The van der Waals surface area contributed by atoms with Crippen LogP contribution in [0.1, 0.15) is 27.7 Å². The Balaban J connectivity index is 2.38. The van der Waals surface area contributed by atoms with E-state index in [-0.39, 0.29) is 0 Å². The van der Waals surface area contributed by atoms with Crippen molar-refractivity contribution in [1.82, 2.24) is 0 Å². The average Bonchev–Trinajstić information content (AvgIpc) is 2.42. The molecule has 0 aliphatic carbocycles. The lowest BCUT2D eigenvalue weighted by molar-refractivity contribution is 0.00578. The van der Waals surface area contributed by atoms with Gasteiger partial charge in [0.15, 0.2) is 0 Å². The summed E-state index contributed by atoms with van der Waals surface area (Å²) >= 11 is 9.19. The molecule has 18 heavy (non-hydrogen) atoms. The van der Waals surface area contributed by atoms with E-state index in [9.17, 15) is 4.39 Å². The third-order valence-corrected chi connectivity index (χ3v) is 4.48. The van der Waals surface area contributed by atoms with Gasteiger partial charge in [-0.1, -0.05) is 11.6 Å². The van der Waals surface area contributed by atoms with Crippen LogP contribution in [-0.4, -0.2) is 18.3 Å². The molecule has 1 aliphatic rings. The molecule has 1 fully saturated rings. The quantitative estimate of drug-likeness (QED) is 0.577. The predicted molar refractivity (Wildman–Crippen MR) is 74.8 cm³/mol. The van der Waals surface area contributed by atoms with Crippen LogP contribution in [0.4, 0.5) is 4.39 Å². The summed E-state index contributed by atoms with van der Waals surface area (Å²) in [6, 6.07) is 2.85. The molecule has 0 unspecified atom stereocenters. The molecular formula is C12H14BBrClFO2. The minimum atomic E-state index is -0.584. The molecule has 0 saturated carbocycles. The van der Waals surface area contributed by atoms with Gasteiger partial charge >= 0.3 is 7.12 Å². The molecule has 0 bridgehead atoms. The molecule has 98 valence electrons. The van der Waals surface area contributed by atoms with Gasteiger partial charge in [-0.05, 0) is 55.8 Å². The van der Waals surface area contributed by atoms with Crippen LogP contribution in [0, 0.1) is 5.82 Å². The largest absolute Gasteiger partial charge is 0.496 e. The second-order valence-electron chi connectivity index (χ2n) is 5.38. The van der Waals surface area contributed by atoms with E-state index in [0.717, 1.165) is 0 Å². The Labute approximate surface area is 120 Å². The maximum Gasteiger partial charge on any atom is 0.496 e. The van der Waals surface area contributed by atoms with Crippen molar-refractivity contribution in [3.05, 3.63) is 27.4 Å². The standard InChI is InChI=1S/C12H14BBrClFO2/c1-11(2)12(3,4)18-13(17-11)7-5-8(14)10(16)6-9(7)15/h5-6H,1-4H3. The Hall–Kier alpha value is -0.0951. The van der Waals surface area contributed by atoms with E-state index in [1.807, 2.05) is 27.7 Å². The van der Waals surface area contributed by atoms with E-state index in [4.69, 9.17) is 20.9 Å². The highest BCUT2D eigenvalue weighted by molar-refractivity contribution is 9.10. The summed E-state index contributed by atoms with van der Waals surface area (Å²) in [6.45, 7) is 7.83. The van der Waals surface area contributed by atoms with Crippen molar-refractivity contribution in [2.24, 2.45) is 0 Å². The molecular weight excluding hydrogens is 321 g/mol. The van der Waals surface area contributed by atoms with Gasteiger partial charge in [-0.15, -0.1) is 0 Å². The molecule has 1 aliphatic heterocycles. The molecule has 0 spiro atoms. The monoisotopic (exact) mass is 334 g/mol. The minimum absolute atomic E-state index is 0.300. The third kappa shape index (κ3) is 2.33. The zero-order valence-electron chi connectivity index (χ0n) is 10.7. The highest BCUT2D eigenvalue weighted by Crippen LogP contribution is 2.37. The van der Waals surface area contributed by atoms with Gasteiger partial charge in [0.25, 0.3) is 0 Å². The van der Waals surface area contributed by atoms with E-state index >= 15 is 0 Å². The average molecular weight is 335 g/mol. The predicted octanol–water partition coefficient (Wildman–Crippen LogP) is 3.54. The number of benzene rings is 1. The van der Waals surface area contributed by atoms with Crippen LogP contribution >= 0.6 is 27.5 Å². The molecule has 0 atom stereocenters. The van der Waals surface area contributed by atoms with Crippen molar-refractivity contribution in [2.45, 2.75) is 38.9 Å². The van der Waals surface area contributed by atoms with E-state index in [0.29, 0.717) is 15.0 Å². The van der Waals surface area contributed by atoms with Gasteiger partial charge < -0.3 is 9.31 Å². The van der Waals surface area contributed by atoms with Crippen LogP contribution in [-0.2, 0) is 9.31 Å². The van der Waals surface area contributed by atoms with E-state index in [2.05, 4.69) is 15.9 Å². The Kier molecular flexibility index (Phi) is 3.56. The van der Waals surface area contributed by atoms with Crippen molar-refractivity contribution >= 4 is 40.1 Å². The first-order valence-corrected chi connectivity index (χ1v) is 6.81. The van der Waals surface area contributed by atoms with Gasteiger partial charge in [0.05, 0.1) is 15.7 Å². The fourth-order valence-electron chi connectivity index (χ4n) is 1.69. The number of rotatable bonds is 1. The van der Waals surface area contributed by atoms with E-state index in [1.54, 1.807) is 6.07 Å². The van der Waals surface area contributed by atoms with Gasteiger partial charge in [0.1, 0.15) is 5.82 Å². The normalized spacial score (nSPS) is 21.4. The molecule has 0 radical (unpaired) electrons.